The second kappa shape index (κ2) is 7.61. The van der Waals surface area contributed by atoms with Gasteiger partial charge in [-0.2, -0.15) is 0 Å². The van der Waals surface area contributed by atoms with Gasteiger partial charge in [-0.15, -0.1) is 0 Å². The van der Waals surface area contributed by atoms with Gasteiger partial charge >= 0.3 is 0 Å². The minimum absolute atomic E-state index is 0.129. The summed E-state index contributed by atoms with van der Waals surface area (Å²) < 4.78 is 31.5. The lowest BCUT2D eigenvalue weighted by atomic mass is 10.2. The molecule has 2 N–H and O–H groups in total. The van der Waals surface area contributed by atoms with E-state index in [0.29, 0.717) is 12.2 Å². The number of ether oxygens (including phenoxy) is 1. The third kappa shape index (κ3) is 5.51. The second-order valence-electron chi connectivity index (χ2n) is 5.22. The normalized spacial score (nSPS) is 18.6. The molecule has 21 heavy (non-hydrogen) atoms. The number of nitrogens with zero attached hydrogens (tertiary/aromatic N) is 1. The topological polar surface area (TPSA) is 80.3 Å². The van der Waals surface area contributed by atoms with Crippen molar-refractivity contribution < 1.29 is 13.2 Å². The molecule has 118 valence electrons. The summed E-state index contributed by atoms with van der Waals surface area (Å²) in [4.78, 5) is 4.12. The standard InChI is InChI=1S/C14H23N3O3S/c1-2-3-9-21(18,19)17-14-7-6-12(10-16-14)15-11-13-5-4-8-20-13/h6-7,10,13,15H,2-5,8-9,11H2,1H3,(H,16,17). The van der Waals surface area contributed by atoms with Crippen LogP contribution in [0.15, 0.2) is 18.3 Å². The predicted octanol–water partition coefficient (Wildman–Crippen LogP) is 2.21. The van der Waals surface area contributed by atoms with Crippen molar-refractivity contribution in [3.63, 3.8) is 0 Å². The average Bonchev–Trinajstić information content (AvgIpc) is 2.97. The summed E-state index contributed by atoms with van der Waals surface area (Å²) in [5.74, 6) is 0.485. The average molecular weight is 313 g/mol. The Kier molecular flexibility index (Phi) is 5.81. The Labute approximate surface area is 126 Å². The molecular weight excluding hydrogens is 290 g/mol. The van der Waals surface area contributed by atoms with E-state index < -0.39 is 10.0 Å². The zero-order chi connectivity index (χ0) is 15.1. The van der Waals surface area contributed by atoms with Crippen LogP contribution in [0, 0.1) is 0 Å². The fraction of sp³-hybridized carbons (Fsp3) is 0.643. The molecule has 0 bridgehead atoms. The van der Waals surface area contributed by atoms with Gasteiger partial charge in [-0.3, -0.25) is 4.72 Å². The highest BCUT2D eigenvalue weighted by atomic mass is 32.2. The maximum Gasteiger partial charge on any atom is 0.233 e. The van der Waals surface area contributed by atoms with Crippen LogP contribution in [0.3, 0.4) is 0 Å². The van der Waals surface area contributed by atoms with Crippen LogP contribution in [0.4, 0.5) is 11.5 Å². The first-order chi connectivity index (χ1) is 10.1. The van der Waals surface area contributed by atoms with Gasteiger partial charge in [0, 0.05) is 13.2 Å². The van der Waals surface area contributed by atoms with Crippen molar-refractivity contribution >= 4 is 21.5 Å². The van der Waals surface area contributed by atoms with Gasteiger partial charge in [0.05, 0.1) is 23.7 Å². The fourth-order valence-electron chi connectivity index (χ4n) is 2.14. The van der Waals surface area contributed by atoms with Crippen molar-refractivity contribution in [2.45, 2.75) is 38.7 Å². The Balaban J connectivity index is 1.83. The zero-order valence-corrected chi connectivity index (χ0v) is 13.2. The van der Waals surface area contributed by atoms with Crippen molar-refractivity contribution in [2.24, 2.45) is 0 Å². The van der Waals surface area contributed by atoms with Crippen molar-refractivity contribution in [1.29, 1.82) is 0 Å². The largest absolute Gasteiger partial charge is 0.381 e. The van der Waals surface area contributed by atoms with E-state index >= 15 is 0 Å². The summed E-state index contributed by atoms with van der Waals surface area (Å²) in [6.45, 7) is 3.55. The quantitative estimate of drug-likeness (QED) is 0.769. The first-order valence-corrected chi connectivity index (χ1v) is 9.06. The van der Waals surface area contributed by atoms with Crippen LogP contribution in [0.2, 0.25) is 0 Å². The molecule has 1 saturated heterocycles. The molecule has 7 heteroatoms. The predicted molar refractivity (Wildman–Crippen MR) is 84.0 cm³/mol. The highest BCUT2D eigenvalue weighted by molar-refractivity contribution is 7.92. The highest BCUT2D eigenvalue weighted by Gasteiger charge is 2.15. The summed E-state index contributed by atoms with van der Waals surface area (Å²) >= 11 is 0. The van der Waals surface area contributed by atoms with E-state index in [4.69, 9.17) is 4.74 Å². The van der Waals surface area contributed by atoms with Crippen LogP contribution >= 0.6 is 0 Å². The number of anilines is 2. The molecule has 0 saturated carbocycles. The number of hydrogen-bond donors (Lipinski definition) is 2. The number of rotatable bonds is 8. The lowest BCUT2D eigenvalue weighted by Gasteiger charge is -2.12. The minimum atomic E-state index is -3.29. The van der Waals surface area contributed by atoms with E-state index in [1.165, 1.54) is 0 Å². The smallest absolute Gasteiger partial charge is 0.233 e. The fourth-order valence-corrected chi connectivity index (χ4v) is 3.35. The molecule has 1 aromatic heterocycles. The molecule has 1 aromatic rings. The molecule has 0 aliphatic carbocycles. The van der Waals surface area contributed by atoms with Crippen molar-refractivity contribution in [3.05, 3.63) is 18.3 Å². The summed E-state index contributed by atoms with van der Waals surface area (Å²) in [6, 6.07) is 3.49. The Hall–Kier alpha value is -1.34. The van der Waals surface area contributed by atoms with Crippen LogP contribution in [0.25, 0.3) is 0 Å². The molecule has 2 heterocycles. The van der Waals surface area contributed by atoms with Crippen LogP contribution < -0.4 is 10.0 Å². The molecule has 0 spiro atoms. The lowest BCUT2D eigenvalue weighted by molar-refractivity contribution is 0.120. The van der Waals surface area contributed by atoms with Gasteiger partial charge in [0.15, 0.2) is 0 Å². The lowest BCUT2D eigenvalue weighted by Crippen LogP contribution is -2.19. The van der Waals surface area contributed by atoms with Gasteiger partial charge in [0.25, 0.3) is 0 Å². The Morgan fingerprint density at radius 1 is 1.43 bits per heavy atom. The monoisotopic (exact) mass is 313 g/mol. The first kappa shape index (κ1) is 16.0. The summed E-state index contributed by atoms with van der Waals surface area (Å²) in [5.41, 5.74) is 0.863. The zero-order valence-electron chi connectivity index (χ0n) is 12.3. The molecule has 1 aliphatic rings. The molecule has 0 amide bonds. The minimum Gasteiger partial charge on any atom is -0.381 e. The van der Waals surface area contributed by atoms with Crippen LogP contribution in [0.5, 0.6) is 0 Å². The molecular formula is C14H23N3O3S. The Morgan fingerprint density at radius 3 is 2.90 bits per heavy atom. The maximum atomic E-state index is 11.8. The van der Waals surface area contributed by atoms with E-state index in [-0.39, 0.29) is 11.9 Å². The highest BCUT2D eigenvalue weighted by Crippen LogP contribution is 2.15. The third-order valence-corrected chi connectivity index (χ3v) is 4.69. The summed E-state index contributed by atoms with van der Waals surface area (Å²) in [6.07, 6.45) is 5.58. The van der Waals surface area contributed by atoms with Gasteiger partial charge in [0.2, 0.25) is 10.0 Å². The first-order valence-electron chi connectivity index (χ1n) is 7.41. The van der Waals surface area contributed by atoms with Crippen molar-refractivity contribution in [3.8, 4) is 0 Å². The van der Waals surface area contributed by atoms with Gasteiger partial charge in [-0.05, 0) is 31.4 Å². The molecule has 2 rings (SSSR count). The summed E-state index contributed by atoms with van der Waals surface area (Å²) in [5, 5.41) is 3.25. The summed E-state index contributed by atoms with van der Waals surface area (Å²) in [7, 11) is -3.29. The van der Waals surface area contributed by atoms with Crippen LogP contribution in [-0.4, -0.2) is 38.4 Å². The Bertz CT molecular complexity index is 525. The number of unbranched alkanes of at least 4 members (excludes halogenated alkanes) is 1. The molecule has 0 aromatic carbocycles. The molecule has 0 radical (unpaired) electrons. The van der Waals surface area contributed by atoms with E-state index in [9.17, 15) is 8.42 Å². The maximum absolute atomic E-state index is 11.8. The number of hydrogen-bond acceptors (Lipinski definition) is 5. The molecule has 1 unspecified atom stereocenters. The van der Waals surface area contributed by atoms with Crippen LogP contribution in [-0.2, 0) is 14.8 Å². The van der Waals surface area contributed by atoms with E-state index in [1.54, 1.807) is 12.3 Å². The molecule has 6 nitrogen and oxygen atoms in total. The molecule has 1 fully saturated rings. The SMILES string of the molecule is CCCCS(=O)(=O)Nc1ccc(NCC2CCCO2)cn1. The van der Waals surface area contributed by atoms with E-state index in [2.05, 4.69) is 15.0 Å². The Morgan fingerprint density at radius 2 is 2.29 bits per heavy atom. The van der Waals surface area contributed by atoms with Gasteiger partial charge in [-0.1, -0.05) is 13.3 Å². The van der Waals surface area contributed by atoms with Gasteiger partial charge < -0.3 is 10.1 Å². The number of sulfonamides is 1. The number of nitrogens with one attached hydrogen (secondary N) is 2. The van der Waals surface area contributed by atoms with Gasteiger partial charge in [-0.25, -0.2) is 13.4 Å². The second-order valence-corrected chi connectivity index (χ2v) is 7.06. The van der Waals surface area contributed by atoms with Crippen molar-refractivity contribution in [1.82, 2.24) is 4.98 Å². The van der Waals surface area contributed by atoms with Crippen LogP contribution in [0.1, 0.15) is 32.6 Å². The molecule has 1 atom stereocenters. The molecule has 1 aliphatic heterocycles. The number of pyridine rings is 1. The van der Waals surface area contributed by atoms with E-state index in [1.807, 2.05) is 13.0 Å². The third-order valence-electron chi connectivity index (χ3n) is 3.35. The van der Waals surface area contributed by atoms with E-state index in [0.717, 1.165) is 38.1 Å². The van der Waals surface area contributed by atoms with Crippen molar-refractivity contribution in [2.75, 3.05) is 28.9 Å². The number of aromatic nitrogens is 1. The van der Waals surface area contributed by atoms with Gasteiger partial charge in [0.1, 0.15) is 5.82 Å².